The predicted octanol–water partition coefficient (Wildman–Crippen LogP) is 1.28. The van der Waals surface area contributed by atoms with Crippen LogP contribution < -0.4 is 14.8 Å². The van der Waals surface area contributed by atoms with Crippen LogP contribution in [0.3, 0.4) is 0 Å². The van der Waals surface area contributed by atoms with Gasteiger partial charge in [0.15, 0.2) is 11.6 Å². The molecule has 0 aliphatic carbocycles. The molecule has 5 nitrogen and oxygen atoms in total. The summed E-state index contributed by atoms with van der Waals surface area (Å²) in [6, 6.07) is 3.30. The molecular weight excluding hydrogens is 336 g/mol. The first-order chi connectivity index (χ1) is 9.93. The van der Waals surface area contributed by atoms with E-state index in [1.165, 1.54) is 6.07 Å². The van der Waals surface area contributed by atoms with Gasteiger partial charge >= 0.3 is 0 Å². The fourth-order valence-electron chi connectivity index (χ4n) is 2.56. The molecule has 2 atom stereocenters. The smallest absolute Gasteiger partial charge is 0.277 e. The van der Waals surface area contributed by atoms with Crippen molar-refractivity contribution < 1.29 is 17.2 Å². The Bertz CT molecular complexity index is 601. The van der Waals surface area contributed by atoms with E-state index in [2.05, 4.69) is 14.8 Å². The summed E-state index contributed by atoms with van der Waals surface area (Å²) in [4.78, 5) is 0. The highest BCUT2D eigenvalue weighted by Crippen LogP contribution is 2.27. The number of benzene rings is 1. The van der Waals surface area contributed by atoms with Crippen LogP contribution in [0.2, 0.25) is 0 Å². The van der Waals surface area contributed by atoms with Crippen LogP contribution >= 0.6 is 12.4 Å². The van der Waals surface area contributed by atoms with Crippen molar-refractivity contribution in [2.75, 3.05) is 19.6 Å². The summed E-state index contributed by atoms with van der Waals surface area (Å²) in [5.41, 5.74) is 0.597. The minimum absolute atomic E-state index is 0. The van der Waals surface area contributed by atoms with E-state index in [-0.39, 0.29) is 24.9 Å². The summed E-state index contributed by atoms with van der Waals surface area (Å²) in [7, 11) is -3.60. The molecule has 2 unspecified atom stereocenters. The third-order valence-electron chi connectivity index (χ3n) is 3.49. The lowest BCUT2D eigenvalue weighted by atomic mass is 9.86. The second-order valence-electron chi connectivity index (χ2n) is 5.00. The Kier molecular flexibility index (Phi) is 7.14. The van der Waals surface area contributed by atoms with Gasteiger partial charge in [-0.25, -0.2) is 13.5 Å². The van der Waals surface area contributed by atoms with Gasteiger partial charge in [-0.3, -0.25) is 0 Å². The van der Waals surface area contributed by atoms with Crippen LogP contribution in [-0.4, -0.2) is 34.1 Å². The molecule has 1 saturated heterocycles. The van der Waals surface area contributed by atoms with Crippen LogP contribution in [0.5, 0.6) is 0 Å². The van der Waals surface area contributed by atoms with Crippen molar-refractivity contribution in [3.63, 3.8) is 0 Å². The number of piperidine rings is 1. The quantitative estimate of drug-likeness (QED) is 0.745. The predicted molar refractivity (Wildman–Crippen MR) is 83.4 cm³/mol. The normalized spacial score (nSPS) is 22.1. The highest BCUT2D eigenvalue weighted by atomic mass is 35.5. The van der Waals surface area contributed by atoms with Gasteiger partial charge in [0, 0.05) is 25.0 Å². The van der Waals surface area contributed by atoms with Crippen molar-refractivity contribution in [3.05, 3.63) is 35.4 Å². The van der Waals surface area contributed by atoms with Gasteiger partial charge in [0.1, 0.15) is 0 Å². The van der Waals surface area contributed by atoms with Gasteiger partial charge < -0.3 is 5.32 Å². The van der Waals surface area contributed by atoms with Crippen LogP contribution in [0.15, 0.2) is 18.2 Å². The fraction of sp³-hybridized carbons (Fsp3) is 0.538. The van der Waals surface area contributed by atoms with Crippen molar-refractivity contribution in [2.24, 2.45) is 0 Å². The summed E-state index contributed by atoms with van der Waals surface area (Å²) in [6.07, 6.45) is 0.643. The molecule has 1 heterocycles. The molecule has 1 aromatic carbocycles. The molecule has 22 heavy (non-hydrogen) atoms. The van der Waals surface area contributed by atoms with E-state index < -0.39 is 27.9 Å². The molecule has 2 rings (SSSR count). The van der Waals surface area contributed by atoms with Gasteiger partial charge in [-0.1, -0.05) is 13.0 Å². The zero-order valence-corrected chi connectivity index (χ0v) is 13.7. The maximum absolute atomic E-state index is 13.4. The second-order valence-corrected chi connectivity index (χ2v) is 6.53. The van der Waals surface area contributed by atoms with Crippen molar-refractivity contribution >= 4 is 22.6 Å². The molecule has 9 heteroatoms. The minimum atomic E-state index is -3.60. The Hall–Kier alpha value is -0.800. The molecule has 1 aliphatic heterocycles. The van der Waals surface area contributed by atoms with Gasteiger partial charge in [0.05, 0.1) is 0 Å². The Morgan fingerprint density at radius 1 is 1.32 bits per heavy atom. The van der Waals surface area contributed by atoms with E-state index in [4.69, 9.17) is 0 Å². The third-order valence-corrected chi connectivity index (χ3v) is 4.78. The van der Waals surface area contributed by atoms with Crippen LogP contribution in [0, 0.1) is 11.6 Å². The first kappa shape index (κ1) is 19.2. The minimum Gasteiger partial charge on any atom is -0.315 e. The van der Waals surface area contributed by atoms with E-state index in [1.54, 1.807) is 6.92 Å². The number of hydrogen-bond donors (Lipinski definition) is 3. The van der Waals surface area contributed by atoms with Crippen LogP contribution in [-0.2, 0) is 10.2 Å². The van der Waals surface area contributed by atoms with Crippen molar-refractivity contribution in [1.29, 1.82) is 0 Å². The van der Waals surface area contributed by atoms with Crippen molar-refractivity contribution in [1.82, 2.24) is 14.8 Å². The largest absolute Gasteiger partial charge is 0.315 e. The Morgan fingerprint density at radius 2 is 2.05 bits per heavy atom. The zero-order valence-electron chi connectivity index (χ0n) is 12.1. The molecule has 0 radical (unpaired) electrons. The fourth-order valence-corrected chi connectivity index (χ4v) is 3.66. The first-order valence-electron chi connectivity index (χ1n) is 6.85. The average molecular weight is 356 g/mol. The molecule has 0 bridgehead atoms. The molecular formula is C13H20ClF2N3O2S. The average Bonchev–Trinajstić information content (AvgIpc) is 2.42. The lowest BCUT2D eigenvalue weighted by Crippen LogP contribution is -2.52. The molecule has 1 fully saturated rings. The number of rotatable bonds is 5. The summed E-state index contributed by atoms with van der Waals surface area (Å²) in [5, 5.41) is 3.10. The third kappa shape index (κ3) is 4.85. The van der Waals surface area contributed by atoms with E-state index in [1.807, 2.05) is 0 Å². The molecule has 3 N–H and O–H groups in total. The SMILES string of the molecule is CCNS(=O)(=O)NC1CNCCC1c1ccc(F)c(F)c1.Cl. The van der Waals surface area contributed by atoms with Crippen LogP contribution in [0.1, 0.15) is 24.8 Å². The number of halogens is 3. The molecule has 0 saturated carbocycles. The van der Waals surface area contributed by atoms with Gasteiger partial charge in [-0.15, -0.1) is 12.4 Å². The van der Waals surface area contributed by atoms with Gasteiger partial charge in [0.25, 0.3) is 10.2 Å². The van der Waals surface area contributed by atoms with E-state index >= 15 is 0 Å². The monoisotopic (exact) mass is 355 g/mol. The van der Waals surface area contributed by atoms with Gasteiger partial charge in [-0.05, 0) is 30.7 Å². The number of hydrogen-bond acceptors (Lipinski definition) is 3. The lowest BCUT2D eigenvalue weighted by molar-refractivity contribution is 0.375. The zero-order chi connectivity index (χ0) is 15.5. The molecule has 0 spiro atoms. The molecule has 0 amide bonds. The summed E-state index contributed by atoms with van der Waals surface area (Å²) in [5.74, 6) is -2.02. The van der Waals surface area contributed by atoms with E-state index in [0.717, 1.165) is 12.1 Å². The van der Waals surface area contributed by atoms with Crippen molar-refractivity contribution in [2.45, 2.75) is 25.3 Å². The van der Waals surface area contributed by atoms with Crippen LogP contribution in [0.4, 0.5) is 8.78 Å². The first-order valence-corrected chi connectivity index (χ1v) is 8.34. The Balaban J connectivity index is 0.00000242. The van der Waals surface area contributed by atoms with E-state index in [9.17, 15) is 17.2 Å². The van der Waals surface area contributed by atoms with Crippen LogP contribution in [0.25, 0.3) is 0 Å². The second kappa shape index (κ2) is 8.16. The molecule has 1 aromatic rings. The molecule has 0 aromatic heterocycles. The summed E-state index contributed by atoms with van der Waals surface area (Å²) < 4.78 is 55.0. The standard InChI is InChI=1S/C13H19F2N3O2S.ClH/c1-2-17-21(19,20)18-13-8-16-6-5-10(13)9-3-4-11(14)12(15)7-9;/h3-4,7,10,13,16-18H,2,5-6,8H2,1H3;1H. The lowest BCUT2D eigenvalue weighted by Gasteiger charge is -2.33. The highest BCUT2D eigenvalue weighted by molar-refractivity contribution is 7.87. The topological polar surface area (TPSA) is 70.2 Å². The summed E-state index contributed by atoms with van der Waals surface area (Å²) in [6.45, 7) is 3.11. The van der Waals surface area contributed by atoms with Crippen molar-refractivity contribution in [3.8, 4) is 0 Å². The highest BCUT2D eigenvalue weighted by Gasteiger charge is 2.30. The Labute approximate surface area is 135 Å². The maximum Gasteiger partial charge on any atom is 0.277 e. The maximum atomic E-state index is 13.4. The van der Waals surface area contributed by atoms with Gasteiger partial charge in [0.2, 0.25) is 0 Å². The molecule has 126 valence electrons. The van der Waals surface area contributed by atoms with E-state index in [0.29, 0.717) is 25.1 Å². The molecule has 1 aliphatic rings. The summed E-state index contributed by atoms with van der Waals surface area (Å²) >= 11 is 0. The Morgan fingerprint density at radius 3 is 2.68 bits per heavy atom. The number of nitrogens with one attached hydrogen (secondary N) is 3. The van der Waals surface area contributed by atoms with Gasteiger partial charge in [-0.2, -0.15) is 13.1 Å².